The monoisotopic (exact) mass is 442 g/mol. The first-order valence-electron chi connectivity index (χ1n) is 11.0. The largest absolute Gasteiger partial charge is 0.465 e. The second kappa shape index (κ2) is 9.36. The minimum Gasteiger partial charge on any atom is -0.465 e. The first-order valence-corrected chi connectivity index (χ1v) is 11.9. The Morgan fingerprint density at radius 3 is 2.81 bits per heavy atom. The van der Waals surface area contributed by atoms with E-state index in [9.17, 15) is 9.59 Å². The molecule has 0 saturated carbocycles. The molecule has 1 unspecified atom stereocenters. The molecule has 2 fully saturated rings. The maximum atomic E-state index is 13.4. The Bertz CT molecular complexity index is 931. The number of thiazole rings is 1. The Kier molecular flexibility index (Phi) is 6.57. The molecule has 7 nitrogen and oxygen atoms in total. The molecule has 0 bridgehead atoms. The summed E-state index contributed by atoms with van der Waals surface area (Å²) in [5.74, 6) is 0.959. The van der Waals surface area contributed by atoms with Crippen LogP contribution in [0.5, 0.6) is 0 Å². The van der Waals surface area contributed by atoms with Gasteiger partial charge in [0.15, 0.2) is 0 Å². The van der Waals surface area contributed by atoms with Crippen LogP contribution in [0.15, 0.2) is 34.4 Å². The van der Waals surface area contributed by atoms with Crippen LogP contribution >= 0.6 is 11.3 Å². The first kappa shape index (κ1) is 21.8. The predicted molar refractivity (Wildman–Crippen MR) is 121 cm³/mol. The van der Waals surface area contributed by atoms with Gasteiger partial charge in [0.25, 0.3) is 5.91 Å². The van der Waals surface area contributed by atoms with E-state index >= 15 is 0 Å². The maximum absolute atomic E-state index is 13.4. The van der Waals surface area contributed by atoms with Crippen LogP contribution in [0.3, 0.4) is 0 Å². The van der Waals surface area contributed by atoms with Gasteiger partial charge in [0.05, 0.1) is 17.5 Å². The van der Waals surface area contributed by atoms with Crippen LogP contribution in [0.2, 0.25) is 0 Å². The number of carbonyl (C=O) groups excluding carboxylic acids is 2. The summed E-state index contributed by atoms with van der Waals surface area (Å²) in [4.78, 5) is 35.3. The van der Waals surface area contributed by atoms with Gasteiger partial charge in [-0.2, -0.15) is 0 Å². The fourth-order valence-corrected chi connectivity index (χ4v) is 5.52. The highest BCUT2D eigenvalue weighted by molar-refractivity contribution is 7.09. The van der Waals surface area contributed by atoms with Crippen molar-refractivity contribution in [3.63, 3.8) is 0 Å². The average molecular weight is 443 g/mol. The average Bonchev–Trinajstić information content (AvgIpc) is 3.49. The molecule has 2 aliphatic rings. The molecule has 4 rings (SSSR count). The van der Waals surface area contributed by atoms with Gasteiger partial charge in [-0.3, -0.25) is 14.6 Å². The van der Waals surface area contributed by atoms with Crippen molar-refractivity contribution in [3.05, 3.63) is 46.3 Å². The molecule has 1 atom stereocenters. The van der Waals surface area contributed by atoms with Crippen LogP contribution in [0.4, 0.5) is 4.79 Å². The van der Waals surface area contributed by atoms with E-state index in [2.05, 4.69) is 21.3 Å². The number of nitrogens with one attached hydrogen (secondary N) is 1. The summed E-state index contributed by atoms with van der Waals surface area (Å²) < 4.78 is 5.33. The molecule has 3 amide bonds. The van der Waals surface area contributed by atoms with E-state index in [1.54, 1.807) is 17.6 Å². The van der Waals surface area contributed by atoms with Crippen molar-refractivity contribution in [2.24, 2.45) is 5.92 Å². The van der Waals surface area contributed by atoms with Gasteiger partial charge in [0.1, 0.15) is 11.3 Å². The van der Waals surface area contributed by atoms with Crippen molar-refractivity contribution in [2.75, 3.05) is 26.2 Å². The molecule has 0 spiro atoms. The summed E-state index contributed by atoms with van der Waals surface area (Å²) in [5.41, 5.74) is 2.02. The topological polar surface area (TPSA) is 78.7 Å². The summed E-state index contributed by atoms with van der Waals surface area (Å²) in [7, 11) is 0. The number of urea groups is 1. The number of furan rings is 1. The smallest absolute Gasteiger partial charge is 0.325 e. The molecule has 2 aromatic rings. The number of imide groups is 1. The number of hydrogen-bond acceptors (Lipinski definition) is 6. The molecule has 0 aromatic carbocycles. The van der Waals surface area contributed by atoms with Gasteiger partial charge >= 0.3 is 6.03 Å². The Labute approximate surface area is 187 Å². The second-order valence-corrected chi connectivity index (χ2v) is 9.25. The third kappa shape index (κ3) is 4.45. The highest BCUT2D eigenvalue weighted by Gasteiger charge is 2.54. The zero-order valence-corrected chi connectivity index (χ0v) is 19.0. The zero-order valence-electron chi connectivity index (χ0n) is 18.2. The standard InChI is InChI=1S/C23H30N4O3S/c1-3-23(18-8-12-26(13-9-18)11-4-6-19-7-5-15-30-19)21(28)27(22(29)25-23)14-10-20-17(2)24-16-31-20/h4-7,15-16,18H,3,8-14H2,1-2H3,(H,25,29)/b6-4+. The lowest BCUT2D eigenvalue weighted by Crippen LogP contribution is -2.55. The lowest BCUT2D eigenvalue weighted by molar-refractivity contribution is -0.134. The number of amides is 3. The van der Waals surface area contributed by atoms with E-state index in [1.165, 1.54) is 4.90 Å². The molecule has 1 N–H and O–H groups in total. The van der Waals surface area contributed by atoms with Crippen molar-refractivity contribution in [1.29, 1.82) is 0 Å². The van der Waals surface area contributed by atoms with Crippen molar-refractivity contribution in [2.45, 2.75) is 45.1 Å². The van der Waals surface area contributed by atoms with E-state index < -0.39 is 5.54 Å². The molecule has 31 heavy (non-hydrogen) atoms. The Morgan fingerprint density at radius 2 is 2.16 bits per heavy atom. The third-order valence-corrected chi connectivity index (χ3v) is 7.64. The van der Waals surface area contributed by atoms with E-state index in [0.29, 0.717) is 19.4 Å². The van der Waals surface area contributed by atoms with Gasteiger partial charge in [-0.25, -0.2) is 9.78 Å². The lowest BCUT2D eigenvalue weighted by atomic mass is 9.75. The van der Waals surface area contributed by atoms with E-state index in [4.69, 9.17) is 4.42 Å². The summed E-state index contributed by atoms with van der Waals surface area (Å²) in [6.45, 7) is 7.06. The summed E-state index contributed by atoms with van der Waals surface area (Å²) in [6, 6.07) is 3.56. The second-order valence-electron chi connectivity index (χ2n) is 8.32. The van der Waals surface area contributed by atoms with Crippen LogP contribution in [-0.4, -0.2) is 58.4 Å². The van der Waals surface area contributed by atoms with Gasteiger partial charge in [0.2, 0.25) is 0 Å². The highest BCUT2D eigenvalue weighted by atomic mass is 32.1. The van der Waals surface area contributed by atoms with Crippen LogP contribution in [0, 0.1) is 12.8 Å². The molecule has 2 aromatic heterocycles. The van der Waals surface area contributed by atoms with Gasteiger partial charge in [0, 0.05) is 24.4 Å². The van der Waals surface area contributed by atoms with Crippen LogP contribution in [0.25, 0.3) is 6.08 Å². The minimum atomic E-state index is -0.768. The van der Waals surface area contributed by atoms with Crippen LogP contribution in [-0.2, 0) is 11.2 Å². The SMILES string of the molecule is CCC1(C2CCN(C/C=C/c3ccco3)CC2)NC(=O)N(CCc2scnc2C)C1=O. The minimum absolute atomic E-state index is 0.0571. The molecule has 0 radical (unpaired) electrons. The molecule has 2 aliphatic heterocycles. The lowest BCUT2D eigenvalue weighted by Gasteiger charge is -2.40. The maximum Gasteiger partial charge on any atom is 0.325 e. The number of aryl methyl sites for hydroxylation is 1. The Hall–Kier alpha value is -2.45. The van der Waals surface area contributed by atoms with Crippen LogP contribution in [0.1, 0.15) is 42.5 Å². The number of nitrogens with zero attached hydrogens (tertiary/aromatic N) is 3. The van der Waals surface area contributed by atoms with Crippen LogP contribution < -0.4 is 5.32 Å². The summed E-state index contributed by atoms with van der Waals surface area (Å²) in [6.07, 6.45) is 8.85. The number of carbonyl (C=O) groups is 2. The van der Waals surface area contributed by atoms with E-state index in [-0.39, 0.29) is 17.9 Å². The quantitative estimate of drug-likeness (QED) is 0.631. The fourth-order valence-electron chi connectivity index (χ4n) is 4.74. The van der Waals surface area contributed by atoms with Crippen molar-refractivity contribution >= 4 is 29.4 Å². The fraction of sp³-hybridized carbons (Fsp3) is 0.522. The molecular weight excluding hydrogens is 412 g/mol. The number of piperidine rings is 1. The van der Waals surface area contributed by atoms with E-state index in [1.807, 2.05) is 37.6 Å². The molecule has 166 valence electrons. The number of hydrogen-bond donors (Lipinski definition) is 1. The number of aromatic nitrogens is 1. The van der Waals surface area contributed by atoms with Gasteiger partial charge in [-0.15, -0.1) is 11.3 Å². The highest BCUT2D eigenvalue weighted by Crippen LogP contribution is 2.36. The van der Waals surface area contributed by atoms with Crippen molar-refractivity contribution in [3.8, 4) is 0 Å². The Morgan fingerprint density at radius 1 is 1.35 bits per heavy atom. The van der Waals surface area contributed by atoms with Crippen molar-refractivity contribution in [1.82, 2.24) is 20.1 Å². The van der Waals surface area contributed by atoms with E-state index in [0.717, 1.165) is 48.8 Å². The molecule has 2 saturated heterocycles. The van der Waals surface area contributed by atoms with Crippen molar-refractivity contribution < 1.29 is 14.0 Å². The molecule has 4 heterocycles. The summed E-state index contributed by atoms with van der Waals surface area (Å²) in [5, 5.41) is 3.09. The third-order valence-electron chi connectivity index (χ3n) is 6.64. The van der Waals surface area contributed by atoms with Gasteiger partial charge in [-0.1, -0.05) is 13.0 Å². The molecule has 8 heteroatoms. The molecular formula is C23H30N4O3S. The zero-order chi connectivity index (χ0) is 21.8. The number of likely N-dealkylation sites (tertiary alicyclic amines) is 1. The first-order chi connectivity index (χ1) is 15.0. The van der Waals surface area contributed by atoms with Gasteiger partial charge in [-0.05, 0) is 63.4 Å². The van der Waals surface area contributed by atoms with Gasteiger partial charge < -0.3 is 9.73 Å². The Balaban J connectivity index is 1.34. The normalized spacial score (nSPS) is 23.2. The number of rotatable bonds is 8. The predicted octanol–water partition coefficient (Wildman–Crippen LogP) is 3.71. The molecule has 0 aliphatic carbocycles. The summed E-state index contributed by atoms with van der Waals surface area (Å²) >= 11 is 1.58.